The maximum Gasteiger partial charge on any atom is 0.329 e. The van der Waals surface area contributed by atoms with E-state index in [-0.39, 0.29) is 24.6 Å². The number of amides is 4. The number of nitrogens with one attached hydrogen (secondary N) is 2. The van der Waals surface area contributed by atoms with E-state index in [1.807, 2.05) is 30.3 Å². The molecule has 0 aliphatic carbocycles. The molecule has 2 N–H and O–H groups in total. The molecule has 0 radical (unpaired) electrons. The van der Waals surface area contributed by atoms with Crippen LogP contribution >= 0.6 is 0 Å². The lowest BCUT2D eigenvalue weighted by Crippen LogP contribution is -2.30. The molecule has 0 bridgehead atoms. The van der Waals surface area contributed by atoms with E-state index in [4.69, 9.17) is 9.47 Å². The summed E-state index contributed by atoms with van der Waals surface area (Å²) in [5.74, 6) is -0.809. The van der Waals surface area contributed by atoms with Gasteiger partial charge >= 0.3 is 6.03 Å². The van der Waals surface area contributed by atoms with Gasteiger partial charge in [0.05, 0.1) is 13.7 Å². The molecule has 0 spiro atoms. The summed E-state index contributed by atoms with van der Waals surface area (Å²) in [5, 5.41) is 5.19. The highest BCUT2D eigenvalue weighted by Crippen LogP contribution is 2.33. The molecule has 3 aromatic carbocycles. The third-order valence-electron chi connectivity index (χ3n) is 5.15. The zero-order valence-corrected chi connectivity index (χ0v) is 18.8. The molecule has 0 saturated carbocycles. The van der Waals surface area contributed by atoms with Crippen molar-refractivity contribution >= 4 is 29.6 Å². The molecule has 4 amide bonds. The lowest BCUT2D eigenvalue weighted by atomic mass is 10.1. The maximum atomic E-state index is 13.1. The Morgan fingerprint density at radius 2 is 1.77 bits per heavy atom. The fourth-order valence-electron chi connectivity index (χ4n) is 3.47. The van der Waals surface area contributed by atoms with Gasteiger partial charge in [-0.2, -0.15) is 0 Å². The van der Waals surface area contributed by atoms with E-state index < -0.39 is 23.7 Å². The highest BCUT2D eigenvalue weighted by Gasteiger charge is 2.33. The summed E-state index contributed by atoms with van der Waals surface area (Å²) in [4.78, 5) is 38.8. The lowest BCUT2D eigenvalue weighted by Gasteiger charge is -2.14. The molecule has 178 valence electrons. The minimum atomic E-state index is -0.533. The molecule has 9 heteroatoms. The third-order valence-corrected chi connectivity index (χ3v) is 5.15. The molecule has 0 atom stereocenters. The zero-order chi connectivity index (χ0) is 24.8. The molecule has 35 heavy (non-hydrogen) atoms. The average molecular weight is 475 g/mol. The Labute approximate surface area is 201 Å². The summed E-state index contributed by atoms with van der Waals surface area (Å²) in [6.07, 6.45) is 1.47. The number of carbonyl (C=O) groups excluding carboxylic acids is 3. The number of hydrogen-bond donors (Lipinski definition) is 2. The Morgan fingerprint density at radius 3 is 2.49 bits per heavy atom. The van der Waals surface area contributed by atoms with Crippen molar-refractivity contribution in [1.29, 1.82) is 0 Å². The highest BCUT2D eigenvalue weighted by molar-refractivity contribution is 6.14. The number of urea groups is 1. The first-order valence-electron chi connectivity index (χ1n) is 10.7. The van der Waals surface area contributed by atoms with Crippen LogP contribution in [0.3, 0.4) is 0 Å². The number of rotatable bonds is 8. The van der Waals surface area contributed by atoms with E-state index in [9.17, 15) is 18.8 Å². The van der Waals surface area contributed by atoms with E-state index >= 15 is 0 Å². The smallest absolute Gasteiger partial charge is 0.329 e. The monoisotopic (exact) mass is 475 g/mol. The number of para-hydroxylation sites is 1. The first-order valence-corrected chi connectivity index (χ1v) is 10.7. The van der Waals surface area contributed by atoms with Gasteiger partial charge in [-0.25, -0.2) is 9.18 Å². The molecule has 3 aromatic rings. The van der Waals surface area contributed by atoms with Gasteiger partial charge in [-0.15, -0.1) is 0 Å². The van der Waals surface area contributed by atoms with Crippen LogP contribution in [0, 0.1) is 5.82 Å². The highest BCUT2D eigenvalue weighted by atomic mass is 19.1. The number of ether oxygens (including phenoxy) is 2. The molecule has 1 heterocycles. The Kier molecular flexibility index (Phi) is 7.06. The van der Waals surface area contributed by atoms with E-state index in [1.165, 1.54) is 37.5 Å². The second kappa shape index (κ2) is 10.5. The molecular weight excluding hydrogens is 453 g/mol. The van der Waals surface area contributed by atoms with Gasteiger partial charge in [-0.1, -0.05) is 42.5 Å². The molecule has 1 fully saturated rings. The Balaban J connectivity index is 1.51. The number of imide groups is 1. The van der Waals surface area contributed by atoms with Gasteiger partial charge in [0, 0.05) is 11.3 Å². The fourth-order valence-corrected chi connectivity index (χ4v) is 3.47. The predicted molar refractivity (Wildman–Crippen MR) is 127 cm³/mol. The van der Waals surface area contributed by atoms with Gasteiger partial charge in [-0.3, -0.25) is 14.5 Å². The number of hydrogen-bond acceptors (Lipinski definition) is 5. The molecule has 4 rings (SSSR count). The third kappa shape index (κ3) is 5.64. The predicted octanol–water partition coefficient (Wildman–Crippen LogP) is 3.94. The van der Waals surface area contributed by atoms with Gasteiger partial charge in [0.25, 0.3) is 11.8 Å². The van der Waals surface area contributed by atoms with Gasteiger partial charge in [0.1, 0.15) is 11.5 Å². The number of methoxy groups -OCH3 is 1. The van der Waals surface area contributed by atoms with Crippen LogP contribution in [0.2, 0.25) is 0 Å². The van der Waals surface area contributed by atoms with E-state index in [0.717, 1.165) is 10.5 Å². The van der Waals surface area contributed by atoms with Crippen molar-refractivity contribution in [3.05, 3.63) is 95.4 Å². The molecule has 1 aliphatic rings. The quantitative estimate of drug-likeness (QED) is 0.380. The van der Waals surface area contributed by atoms with Gasteiger partial charge in [-0.05, 0) is 42.0 Å². The first kappa shape index (κ1) is 23.5. The summed E-state index contributed by atoms with van der Waals surface area (Å²) in [7, 11) is 1.45. The van der Waals surface area contributed by atoms with E-state index in [1.54, 1.807) is 18.2 Å². The summed E-state index contributed by atoms with van der Waals surface area (Å²) in [6.45, 7) is -0.234. The number of benzene rings is 3. The van der Waals surface area contributed by atoms with Crippen LogP contribution in [0.1, 0.15) is 11.1 Å². The summed E-state index contributed by atoms with van der Waals surface area (Å²) in [5.41, 5.74) is 1.74. The van der Waals surface area contributed by atoms with Crippen LogP contribution in [0.15, 0.2) is 78.5 Å². The van der Waals surface area contributed by atoms with Crippen LogP contribution in [0.5, 0.6) is 11.5 Å². The molecule has 1 saturated heterocycles. The van der Waals surface area contributed by atoms with Crippen molar-refractivity contribution in [2.24, 2.45) is 0 Å². The molecular formula is C26H22FN3O5. The average Bonchev–Trinajstić information content (AvgIpc) is 3.12. The number of anilines is 1. The standard InChI is InChI=1S/C26H22FN3O5/c1-34-22-9-5-8-18(24(22)35-16-23(31)28-20-12-10-19(27)11-13-20)14-21-25(32)30(26(33)29-21)15-17-6-3-2-4-7-17/h2-14H,15-16H2,1H3,(H,28,31)(H,29,33)/b21-14+. The second-order valence-corrected chi connectivity index (χ2v) is 7.59. The van der Waals surface area contributed by atoms with E-state index in [2.05, 4.69) is 10.6 Å². The van der Waals surface area contributed by atoms with Crippen LogP contribution in [-0.4, -0.2) is 36.5 Å². The molecule has 0 unspecified atom stereocenters. The number of halogens is 1. The SMILES string of the molecule is COc1cccc(/C=C2/NC(=O)N(Cc3ccccc3)C2=O)c1OCC(=O)Nc1ccc(F)cc1. The topological polar surface area (TPSA) is 97.0 Å². The van der Waals surface area contributed by atoms with Gasteiger partial charge < -0.3 is 20.1 Å². The van der Waals surface area contributed by atoms with Gasteiger partial charge in [0.15, 0.2) is 18.1 Å². The summed E-state index contributed by atoms with van der Waals surface area (Å²) >= 11 is 0. The Hall–Kier alpha value is -4.66. The van der Waals surface area contributed by atoms with Crippen LogP contribution < -0.4 is 20.1 Å². The van der Waals surface area contributed by atoms with Crippen molar-refractivity contribution in [3.8, 4) is 11.5 Å². The van der Waals surface area contributed by atoms with Crippen LogP contribution in [-0.2, 0) is 16.1 Å². The van der Waals surface area contributed by atoms with Crippen LogP contribution in [0.4, 0.5) is 14.9 Å². The summed E-state index contributed by atoms with van der Waals surface area (Å²) < 4.78 is 24.1. The van der Waals surface area contributed by atoms with Crippen molar-refractivity contribution in [3.63, 3.8) is 0 Å². The summed E-state index contributed by atoms with van der Waals surface area (Å²) in [6, 6.07) is 19.0. The zero-order valence-electron chi connectivity index (χ0n) is 18.8. The van der Waals surface area contributed by atoms with Crippen molar-refractivity contribution in [1.82, 2.24) is 10.2 Å². The maximum absolute atomic E-state index is 13.1. The minimum absolute atomic E-state index is 0.0693. The fraction of sp³-hybridized carbons (Fsp3) is 0.115. The molecule has 1 aliphatic heterocycles. The van der Waals surface area contributed by atoms with Crippen LogP contribution in [0.25, 0.3) is 6.08 Å². The normalized spacial score (nSPS) is 14.1. The molecule has 0 aromatic heterocycles. The lowest BCUT2D eigenvalue weighted by molar-refractivity contribution is -0.123. The Bertz CT molecular complexity index is 1280. The number of nitrogens with zero attached hydrogens (tertiary/aromatic N) is 1. The van der Waals surface area contributed by atoms with E-state index in [0.29, 0.717) is 17.0 Å². The minimum Gasteiger partial charge on any atom is -0.493 e. The first-order chi connectivity index (χ1) is 16.9. The second-order valence-electron chi connectivity index (χ2n) is 7.59. The van der Waals surface area contributed by atoms with Crippen molar-refractivity contribution < 1.29 is 28.2 Å². The van der Waals surface area contributed by atoms with Crippen molar-refractivity contribution in [2.45, 2.75) is 6.54 Å². The van der Waals surface area contributed by atoms with Gasteiger partial charge in [0.2, 0.25) is 0 Å². The van der Waals surface area contributed by atoms with Crippen molar-refractivity contribution in [2.75, 3.05) is 19.0 Å². The Morgan fingerprint density at radius 1 is 1.03 bits per heavy atom. The molecule has 8 nitrogen and oxygen atoms in total. The number of carbonyl (C=O) groups is 3. The largest absolute Gasteiger partial charge is 0.493 e.